The monoisotopic (exact) mass is 250 g/mol. The first-order valence-electron chi connectivity index (χ1n) is 6.85. The fourth-order valence-corrected chi connectivity index (χ4v) is 2.41. The zero-order chi connectivity index (χ0) is 13.1. The molecule has 0 bridgehead atoms. The Labute approximate surface area is 114 Å². The lowest BCUT2D eigenvalue weighted by atomic mass is 10.1. The van der Waals surface area contributed by atoms with E-state index in [1.165, 1.54) is 16.8 Å². The standard InChI is InChI=1S/C17H18N2/c1-2-16-13-15-9-6-11-19(17(15)18-16)12-10-14-7-4-3-5-8-14/h3-9,11,13H,2,10,12H2,1H3. The quantitative estimate of drug-likeness (QED) is 0.688. The summed E-state index contributed by atoms with van der Waals surface area (Å²) < 4.78 is 2.25. The van der Waals surface area contributed by atoms with Crippen molar-refractivity contribution in [2.45, 2.75) is 26.3 Å². The van der Waals surface area contributed by atoms with Crippen molar-refractivity contribution >= 4 is 0 Å². The summed E-state index contributed by atoms with van der Waals surface area (Å²) in [5.41, 5.74) is 3.79. The number of fused-ring (bicyclic) bond motifs is 1. The van der Waals surface area contributed by atoms with Crippen LogP contribution in [0.15, 0.2) is 54.7 Å². The Morgan fingerprint density at radius 1 is 1.05 bits per heavy atom. The van der Waals surface area contributed by atoms with E-state index in [1.54, 1.807) is 0 Å². The molecular weight excluding hydrogens is 232 g/mol. The first-order chi connectivity index (χ1) is 9.36. The van der Waals surface area contributed by atoms with Crippen molar-refractivity contribution in [3.63, 3.8) is 0 Å². The fourth-order valence-electron chi connectivity index (χ4n) is 2.41. The van der Waals surface area contributed by atoms with E-state index >= 15 is 0 Å². The van der Waals surface area contributed by atoms with Crippen molar-refractivity contribution in [3.8, 4) is 11.4 Å². The van der Waals surface area contributed by atoms with Crippen LogP contribution in [0.4, 0.5) is 0 Å². The number of hydrogen-bond acceptors (Lipinski definition) is 1. The predicted octanol–water partition coefficient (Wildman–Crippen LogP) is 3.79. The van der Waals surface area contributed by atoms with Crippen molar-refractivity contribution in [3.05, 3.63) is 66.0 Å². The van der Waals surface area contributed by atoms with Gasteiger partial charge in [0.25, 0.3) is 0 Å². The molecular formula is C17H18N2. The first-order valence-corrected chi connectivity index (χ1v) is 6.85. The molecule has 2 heteroatoms. The largest absolute Gasteiger partial charge is 0.332 e. The SMILES string of the molecule is CCc1cc2cccn(CCc3ccccc3)c-2n1. The average molecular weight is 250 g/mol. The molecule has 0 aliphatic carbocycles. The number of rotatable bonds is 4. The van der Waals surface area contributed by atoms with E-state index in [4.69, 9.17) is 4.98 Å². The van der Waals surface area contributed by atoms with Crippen LogP contribution < -0.4 is 0 Å². The lowest BCUT2D eigenvalue weighted by molar-refractivity contribution is 0.688. The molecule has 0 amide bonds. The van der Waals surface area contributed by atoms with Crippen LogP contribution in [0.25, 0.3) is 11.4 Å². The third-order valence-corrected chi connectivity index (χ3v) is 3.49. The summed E-state index contributed by atoms with van der Waals surface area (Å²) in [5.74, 6) is 1.11. The van der Waals surface area contributed by atoms with Gasteiger partial charge in [-0.25, -0.2) is 4.98 Å². The maximum Gasteiger partial charge on any atom is 0.140 e. The molecule has 1 aromatic rings. The van der Waals surface area contributed by atoms with E-state index < -0.39 is 0 Å². The van der Waals surface area contributed by atoms with E-state index in [-0.39, 0.29) is 0 Å². The Hall–Kier alpha value is -2.09. The summed E-state index contributed by atoms with van der Waals surface area (Å²) in [6, 6.07) is 17.0. The van der Waals surface area contributed by atoms with E-state index in [1.807, 2.05) is 0 Å². The number of hydrogen-bond donors (Lipinski definition) is 0. The van der Waals surface area contributed by atoms with Gasteiger partial charge in [0.2, 0.25) is 0 Å². The van der Waals surface area contributed by atoms with Crippen LogP contribution in [0.3, 0.4) is 0 Å². The van der Waals surface area contributed by atoms with Gasteiger partial charge in [0.15, 0.2) is 0 Å². The zero-order valence-corrected chi connectivity index (χ0v) is 11.2. The number of benzene rings is 1. The Balaban J connectivity index is 1.83. The van der Waals surface area contributed by atoms with Crippen LogP contribution in [0.2, 0.25) is 0 Å². The highest BCUT2D eigenvalue weighted by molar-refractivity contribution is 5.59. The van der Waals surface area contributed by atoms with E-state index in [0.717, 1.165) is 25.2 Å². The van der Waals surface area contributed by atoms with Crippen molar-refractivity contribution in [1.82, 2.24) is 9.55 Å². The predicted molar refractivity (Wildman–Crippen MR) is 78.4 cm³/mol. The van der Waals surface area contributed by atoms with Gasteiger partial charge in [-0.2, -0.15) is 0 Å². The van der Waals surface area contributed by atoms with Gasteiger partial charge in [-0.15, -0.1) is 0 Å². The van der Waals surface area contributed by atoms with Gasteiger partial charge in [0.05, 0.1) is 0 Å². The van der Waals surface area contributed by atoms with Gasteiger partial charge in [0, 0.05) is 24.0 Å². The molecule has 0 unspecified atom stereocenters. The smallest absolute Gasteiger partial charge is 0.140 e. The molecule has 0 fully saturated rings. The van der Waals surface area contributed by atoms with E-state index in [0.29, 0.717) is 0 Å². The molecule has 0 atom stereocenters. The highest BCUT2D eigenvalue weighted by atomic mass is 15.0. The number of aromatic nitrogens is 2. The van der Waals surface area contributed by atoms with Crippen LogP contribution in [-0.4, -0.2) is 9.55 Å². The summed E-state index contributed by atoms with van der Waals surface area (Å²) >= 11 is 0. The van der Waals surface area contributed by atoms with Crippen LogP contribution in [0.5, 0.6) is 0 Å². The zero-order valence-electron chi connectivity index (χ0n) is 11.2. The highest BCUT2D eigenvalue weighted by Gasteiger charge is 2.10. The summed E-state index contributed by atoms with van der Waals surface area (Å²) in [6.07, 6.45) is 4.16. The second-order valence-electron chi connectivity index (χ2n) is 4.82. The maximum absolute atomic E-state index is 4.71. The topological polar surface area (TPSA) is 17.8 Å². The van der Waals surface area contributed by atoms with Crippen molar-refractivity contribution in [2.75, 3.05) is 0 Å². The van der Waals surface area contributed by atoms with Gasteiger partial charge in [-0.3, -0.25) is 0 Å². The second kappa shape index (κ2) is 5.27. The lowest BCUT2D eigenvalue weighted by Crippen LogP contribution is -2.05. The Morgan fingerprint density at radius 3 is 2.68 bits per heavy atom. The van der Waals surface area contributed by atoms with Crippen molar-refractivity contribution < 1.29 is 0 Å². The normalized spacial score (nSPS) is 11.0. The molecule has 3 rings (SSSR count). The summed E-state index contributed by atoms with van der Waals surface area (Å²) in [4.78, 5) is 4.71. The molecule has 1 aromatic carbocycles. The highest BCUT2D eigenvalue weighted by Crippen LogP contribution is 2.22. The van der Waals surface area contributed by atoms with E-state index in [9.17, 15) is 0 Å². The fraction of sp³-hybridized carbons (Fsp3) is 0.235. The van der Waals surface area contributed by atoms with Gasteiger partial charge in [-0.1, -0.05) is 37.3 Å². The summed E-state index contributed by atoms with van der Waals surface area (Å²) in [6.45, 7) is 3.12. The van der Waals surface area contributed by atoms with Gasteiger partial charge < -0.3 is 4.57 Å². The van der Waals surface area contributed by atoms with Crippen LogP contribution in [-0.2, 0) is 19.4 Å². The van der Waals surface area contributed by atoms with Crippen LogP contribution >= 0.6 is 0 Å². The third-order valence-electron chi connectivity index (χ3n) is 3.49. The first kappa shape index (κ1) is 12.0. The van der Waals surface area contributed by atoms with Gasteiger partial charge >= 0.3 is 0 Å². The molecule has 2 heterocycles. The number of nitrogens with zero attached hydrogens (tertiary/aromatic N) is 2. The Bertz CT molecular complexity index is 625. The summed E-state index contributed by atoms with van der Waals surface area (Å²) in [5, 5.41) is 0. The van der Waals surface area contributed by atoms with Crippen molar-refractivity contribution in [1.29, 1.82) is 0 Å². The molecule has 0 radical (unpaired) electrons. The molecule has 2 aliphatic rings. The molecule has 0 N–H and O–H groups in total. The minimum absolute atomic E-state index is 0.974. The van der Waals surface area contributed by atoms with Crippen LogP contribution in [0.1, 0.15) is 18.2 Å². The maximum atomic E-state index is 4.71. The third kappa shape index (κ3) is 2.53. The van der Waals surface area contributed by atoms with Gasteiger partial charge in [-0.05, 0) is 36.6 Å². The molecule has 0 saturated carbocycles. The molecule has 0 aromatic heterocycles. The van der Waals surface area contributed by atoms with E-state index in [2.05, 4.69) is 66.2 Å². The molecule has 19 heavy (non-hydrogen) atoms. The molecule has 2 nitrogen and oxygen atoms in total. The molecule has 96 valence electrons. The molecule has 2 aliphatic heterocycles. The second-order valence-corrected chi connectivity index (χ2v) is 4.82. The Kier molecular flexibility index (Phi) is 3.32. The number of aryl methyl sites for hydroxylation is 3. The van der Waals surface area contributed by atoms with Gasteiger partial charge in [0.1, 0.15) is 5.82 Å². The minimum Gasteiger partial charge on any atom is -0.332 e. The van der Waals surface area contributed by atoms with Crippen molar-refractivity contribution in [2.24, 2.45) is 0 Å². The Morgan fingerprint density at radius 2 is 1.89 bits per heavy atom. The average Bonchev–Trinajstić information content (AvgIpc) is 2.90. The van der Waals surface area contributed by atoms with Crippen LogP contribution in [0, 0.1) is 0 Å². The summed E-state index contributed by atoms with van der Waals surface area (Å²) in [7, 11) is 0. The number of pyridine rings is 1. The molecule has 0 saturated heterocycles. The molecule has 0 spiro atoms. The lowest BCUT2D eigenvalue weighted by Gasteiger charge is -2.11. The minimum atomic E-state index is 0.974.